The molecule has 0 spiro atoms. The lowest BCUT2D eigenvalue weighted by Gasteiger charge is -2.28. The van der Waals surface area contributed by atoms with Crippen LogP contribution >= 0.6 is 0 Å². The molecular formula is C24H50O6. The van der Waals surface area contributed by atoms with Crippen molar-refractivity contribution in [2.24, 2.45) is 0 Å². The third kappa shape index (κ3) is 16.5. The molecule has 0 saturated heterocycles. The first-order valence-corrected chi connectivity index (χ1v) is 12.4. The molecule has 0 aromatic heterocycles. The summed E-state index contributed by atoms with van der Waals surface area (Å²) in [7, 11) is 0. The standard InChI is InChI=1S/C24H50O6/c1-3-5-7-9-11-13-15-17-29-20-21(26)23(27)24(28)22(19-25)30-18-16-14-12-10-8-6-4-2/h21-28H,3-20H2,1-2H3/t21-,22+,23+,24+/m0/s1. The fraction of sp³-hybridized carbons (Fsp3) is 1.00. The van der Waals surface area contributed by atoms with Gasteiger partial charge in [-0.3, -0.25) is 0 Å². The highest BCUT2D eigenvalue weighted by Crippen LogP contribution is 2.12. The van der Waals surface area contributed by atoms with Gasteiger partial charge in [0.15, 0.2) is 0 Å². The average Bonchev–Trinajstić information content (AvgIpc) is 2.76. The van der Waals surface area contributed by atoms with Crippen molar-refractivity contribution in [2.75, 3.05) is 26.4 Å². The second kappa shape index (κ2) is 22.0. The molecule has 0 fully saturated rings. The van der Waals surface area contributed by atoms with Gasteiger partial charge in [-0.2, -0.15) is 0 Å². The number of hydrogen-bond acceptors (Lipinski definition) is 6. The molecule has 0 aliphatic heterocycles. The van der Waals surface area contributed by atoms with Gasteiger partial charge in [0.2, 0.25) is 0 Å². The van der Waals surface area contributed by atoms with Crippen LogP contribution < -0.4 is 0 Å². The minimum atomic E-state index is -1.41. The Labute approximate surface area is 185 Å². The van der Waals surface area contributed by atoms with Crippen molar-refractivity contribution in [1.82, 2.24) is 0 Å². The highest BCUT2D eigenvalue weighted by Gasteiger charge is 2.31. The first-order valence-electron chi connectivity index (χ1n) is 12.4. The van der Waals surface area contributed by atoms with E-state index < -0.39 is 31.0 Å². The van der Waals surface area contributed by atoms with E-state index in [-0.39, 0.29) is 6.61 Å². The predicted molar refractivity (Wildman–Crippen MR) is 122 cm³/mol. The fourth-order valence-corrected chi connectivity index (χ4v) is 3.46. The molecule has 0 aromatic rings. The molecule has 0 aliphatic carbocycles. The zero-order valence-electron chi connectivity index (χ0n) is 19.6. The van der Waals surface area contributed by atoms with E-state index in [1.54, 1.807) is 0 Å². The number of hydrogen-bond donors (Lipinski definition) is 4. The summed E-state index contributed by atoms with van der Waals surface area (Å²) in [5.74, 6) is 0. The van der Waals surface area contributed by atoms with Crippen molar-refractivity contribution in [1.29, 1.82) is 0 Å². The summed E-state index contributed by atoms with van der Waals surface area (Å²) >= 11 is 0. The van der Waals surface area contributed by atoms with Gasteiger partial charge in [-0.05, 0) is 12.8 Å². The third-order valence-electron chi connectivity index (χ3n) is 5.57. The highest BCUT2D eigenvalue weighted by atomic mass is 16.5. The van der Waals surface area contributed by atoms with Crippen LogP contribution in [0.25, 0.3) is 0 Å². The Bertz CT molecular complexity index is 342. The molecule has 0 bridgehead atoms. The molecule has 0 rings (SSSR count). The van der Waals surface area contributed by atoms with Crippen molar-refractivity contribution >= 4 is 0 Å². The van der Waals surface area contributed by atoms with E-state index in [0.29, 0.717) is 13.2 Å². The number of rotatable bonds is 23. The van der Waals surface area contributed by atoms with Crippen LogP contribution in [0.1, 0.15) is 104 Å². The number of aliphatic hydroxyl groups is 4. The zero-order valence-corrected chi connectivity index (χ0v) is 19.6. The largest absolute Gasteiger partial charge is 0.394 e. The summed E-state index contributed by atoms with van der Waals surface area (Å²) < 4.78 is 11.0. The molecule has 0 radical (unpaired) electrons. The summed E-state index contributed by atoms with van der Waals surface area (Å²) in [4.78, 5) is 0. The van der Waals surface area contributed by atoms with E-state index in [2.05, 4.69) is 13.8 Å². The van der Waals surface area contributed by atoms with Gasteiger partial charge in [0.05, 0.1) is 13.2 Å². The van der Waals surface area contributed by atoms with Crippen LogP contribution in [-0.4, -0.2) is 71.3 Å². The molecule has 182 valence electrons. The van der Waals surface area contributed by atoms with Gasteiger partial charge in [0, 0.05) is 13.2 Å². The lowest BCUT2D eigenvalue weighted by molar-refractivity contribution is -0.145. The second-order valence-corrected chi connectivity index (χ2v) is 8.46. The molecule has 0 heterocycles. The van der Waals surface area contributed by atoms with Gasteiger partial charge in [0.25, 0.3) is 0 Å². The number of unbranched alkanes of at least 4 members (excludes halogenated alkanes) is 12. The van der Waals surface area contributed by atoms with Crippen molar-refractivity contribution in [3.8, 4) is 0 Å². The molecule has 0 saturated carbocycles. The van der Waals surface area contributed by atoms with Crippen LogP contribution in [0.3, 0.4) is 0 Å². The van der Waals surface area contributed by atoms with E-state index in [0.717, 1.165) is 32.1 Å². The summed E-state index contributed by atoms with van der Waals surface area (Å²) in [5, 5.41) is 39.9. The molecule has 4 atom stereocenters. The molecule has 6 nitrogen and oxygen atoms in total. The summed E-state index contributed by atoms with van der Waals surface area (Å²) in [6, 6.07) is 0. The highest BCUT2D eigenvalue weighted by molar-refractivity contribution is 4.81. The lowest BCUT2D eigenvalue weighted by atomic mass is 10.0. The van der Waals surface area contributed by atoms with Crippen LogP contribution in [0.15, 0.2) is 0 Å². The van der Waals surface area contributed by atoms with E-state index in [1.807, 2.05) is 0 Å². The van der Waals surface area contributed by atoms with E-state index in [1.165, 1.54) is 57.8 Å². The smallest absolute Gasteiger partial charge is 0.111 e. The van der Waals surface area contributed by atoms with Crippen molar-refractivity contribution in [2.45, 2.75) is 128 Å². The monoisotopic (exact) mass is 434 g/mol. The van der Waals surface area contributed by atoms with Crippen molar-refractivity contribution in [3.63, 3.8) is 0 Å². The van der Waals surface area contributed by atoms with Gasteiger partial charge in [0.1, 0.15) is 24.4 Å². The maximum absolute atomic E-state index is 10.2. The van der Waals surface area contributed by atoms with Crippen molar-refractivity contribution in [3.05, 3.63) is 0 Å². The Morgan fingerprint density at radius 3 is 1.57 bits per heavy atom. The van der Waals surface area contributed by atoms with Gasteiger partial charge in [-0.25, -0.2) is 0 Å². The topological polar surface area (TPSA) is 99.4 Å². The quantitative estimate of drug-likeness (QED) is 0.182. The van der Waals surface area contributed by atoms with Crippen molar-refractivity contribution < 1.29 is 29.9 Å². The first kappa shape index (κ1) is 29.8. The Morgan fingerprint density at radius 2 is 1.07 bits per heavy atom. The SMILES string of the molecule is CCCCCCCCCOC[C@H](O)[C@@H](O)[C@H](O)[C@@H](CO)OCCCCCCCCC. The van der Waals surface area contributed by atoms with Gasteiger partial charge < -0.3 is 29.9 Å². The van der Waals surface area contributed by atoms with Gasteiger partial charge >= 0.3 is 0 Å². The van der Waals surface area contributed by atoms with E-state index in [4.69, 9.17) is 9.47 Å². The Kier molecular flexibility index (Phi) is 21.8. The molecular weight excluding hydrogens is 384 g/mol. The minimum absolute atomic E-state index is 0.0377. The van der Waals surface area contributed by atoms with E-state index >= 15 is 0 Å². The van der Waals surface area contributed by atoms with E-state index in [9.17, 15) is 20.4 Å². The third-order valence-corrected chi connectivity index (χ3v) is 5.57. The van der Waals surface area contributed by atoms with Crippen LogP contribution in [-0.2, 0) is 9.47 Å². The molecule has 30 heavy (non-hydrogen) atoms. The molecule has 0 aromatic carbocycles. The Balaban J connectivity index is 3.84. The molecule has 4 N–H and O–H groups in total. The van der Waals surface area contributed by atoms with Crippen LogP contribution in [0.2, 0.25) is 0 Å². The molecule has 0 amide bonds. The zero-order chi connectivity index (χ0) is 22.5. The average molecular weight is 435 g/mol. The molecule has 0 unspecified atom stereocenters. The van der Waals surface area contributed by atoms with Crippen LogP contribution in [0, 0.1) is 0 Å². The summed E-state index contributed by atoms with van der Waals surface area (Å²) in [6.07, 6.45) is 11.5. The maximum atomic E-state index is 10.2. The van der Waals surface area contributed by atoms with Gasteiger partial charge in [-0.1, -0.05) is 90.9 Å². The van der Waals surface area contributed by atoms with Crippen LogP contribution in [0.4, 0.5) is 0 Å². The predicted octanol–water partition coefficient (Wildman–Crippen LogP) is 3.96. The van der Waals surface area contributed by atoms with Crippen LogP contribution in [0.5, 0.6) is 0 Å². The second-order valence-electron chi connectivity index (χ2n) is 8.46. The first-order chi connectivity index (χ1) is 14.6. The molecule has 6 heteroatoms. The number of aliphatic hydroxyl groups excluding tert-OH is 4. The molecule has 0 aliphatic rings. The Hall–Kier alpha value is -0.240. The minimum Gasteiger partial charge on any atom is -0.394 e. The maximum Gasteiger partial charge on any atom is 0.111 e. The normalized spacial score (nSPS) is 15.8. The number of ether oxygens (including phenoxy) is 2. The Morgan fingerprint density at radius 1 is 0.600 bits per heavy atom. The van der Waals surface area contributed by atoms with Gasteiger partial charge in [-0.15, -0.1) is 0 Å². The lowest BCUT2D eigenvalue weighted by Crippen LogP contribution is -2.48. The summed E-state index contributed by atoms with van der Waals surface area (Å²) in [6.45, 7) is 4.92. The fourth-order valence-electron chi connectivity index (χ4n) is 3.46. The summed E-state index contributed by atoms with van der Waals surface area (Å²) in [5.41, 5.74) is 0.